The van der Waals surface area contributed by atoms with Crippen molar-refractivity contribution < 1.29 is 14.1 Å². The lowest BCUT2D eigenvalue weighted by atomic mass is 10.1. The molecule has 128 valence electrons. The van der Waals surface area contributed by atoms with Crippen molar-refractivity contribution in [2.45, 2.75) is 6.61 Å². The van der Waals surface area contributed by atoms with E-state index in [1.165, 1.54) is 0 Å². The number of hydrogen-bond donors (Lipinski definition) is 1. The number of aromatic nitrogens is 2. The molecule has 0 aliphatic carbocycles. The number of esters is 1. The van der Waals surface area contributed by atoms with Crippen LogP contribution in [0.15, 0.2) is 40.9 Å². The van der Waals surface area contributed by atoms with Crippen LogP contribution in [0.1, 0.15) is 16.2 Å². The van der Waals surface area contributed by atoms with E-state index in [9.17, 15) is 4.79 Å². The summed E-state index contributed by atoms with van der Waals surface area (Å²) in [6, 6.07) is 11.1. The van der Waals surface area contributed by atoms with Crippen LogP contribution in [-0.4, -0.2) is 16.1 Å². The van der Waals surface area contributed by atoms with Crippen molar-refractivity contribution in [3.05, 3.63) is 63.1 Å². The highest BCUT2D eigenvalue weighted by molar-refractivity contribution is 6.46. The van der Waals surface area contributed by atoms with Crippen LogP contribution in [0, 0.1) is 0 Å². The monoisotopic (exact) mass is 397 g/mol. The molecule has 0 aliphatic rings. The van der Waals surface area contributed by atoms with E-state index in [0.29, 0.717) is 11.5 Å². The smallest absolute Gasteiger partial charge is 0.359 e. The fraction of sp³-hybridized carbons (Fsp3) is 0.0625. The van der Waals surface area contributed by atoms with Crippen molar-refractivity contribution in [1.82, 2.24) is 10.1 Å². The number of nitrogens with two attached hydrogens (primary N) is 1. The number of benzene rings is 1. The maximum atomic E-state index is 12.1. The van der Waals surface area contributed by atoms with Gasteiger partial charge in [-0.25, -0.2) is 9.78 Å². The lowest BCUT2D eigenvalue weighted by molar-refractivity contribution is 0.0431. The summed E-state index contributed by atoms with van der Waals surface area (Å²) in [4.78, 5) is 15.9. The highest BCUT2D eigenvalue weighted by atomic mass is 35.5. The molecule has 0 amide bonds. The predicted octanol–water partition coefficient (Wildman–Crippen LogP) is 4.64. The van der Waals surface area contributed by atoms with Crippen LogP contribution in [-0.2, 0) is 11.3 Å². The SMILES string of the molecule is Nc1c(Cl)c(Cl)nc(C(=O)OCc2cc(-c3ccccc3)no2)c1Cl. The van der Waals surface area contributed by atoms with Gasteiger partial charge in [0.15, 0.2) is 23.2 Å². The van der Waals surface area contributed by atoms with E-state index in [4.69, 9.17) is 49.8 Å². The highest BCUT2D eigenvalue weighted by Crippen LogP contribution is 2.34. The van der Waals surface area contributed by atoms with Gasteiger partial charge in [0.2, 0.25) is 0 Å². The standard InChI is InChI=1S/C16H10Cl3N3O3/c17-11-13(20)12(18)15(19)21-14(11)16(23)24-7-9-6-10(22-25-9)8-4-2-1-3-5-8/h1-6H,7H2,(H2,20,21). The number of rotatable bonds is 4. The summed E-state index contributed by atoms with van der Waals surface area (Å²) in [6.45, 7) is -0.156. The van der Waals surface area contributed by atoms with Gasteiger partial charge in [-0.05, 0) is 0 Å². The zero-order valence-electron chi connectivity index (χ0n) is 12.5. The number of hydrogen-bond acceptors (Lipinski definition) is 6. The van der Waals surface area contributed by atoms with Crippen LogP contribution in [0.2, 0.25) is 15.2 Å². The van der Waals surface area contributed by atoms with Crippen molar-refractivity contribution in [2.24, 2.45) is 0 Å². The fourth-order valence-corrected chi connectivity index (χ4v) is 2.58. The average molecular weight is 399 g/mol. The molecule has 0 spiro atoms. The average Bonchev–Trinajstić information content (AvgIpc) is 3.11. The van der Waals surface area contributed by atoms with Crippen molar-refractivity contribution in [2.75, 3.05) is 5.73 Å². The maximum absolute atomic E-state index is 12.1. The Balaban J connectivity index is 1.73. The second-order valence-electron chi connectivity index (χ2n) is 4.91. The third kappa shape index (κ3) is 3.71. The Kier molecular flexibility index (Phi) is 5.13. The number of pyridine rings is 1. The van der Waals surface area contributed by atoms with Gasteiger partial charge < -0.3 is 15.0 Å². The van der Waals surface area contributed by atoms with Crippen LogP contribution in [0.5, 0.6) is 0 Å². The molecule has 25 heavy (non-hydrogen) atoms. The molecule has 2 N–H and O–H groups in total. The third-order valence-corrected chi connectivity index (χ3v) is 4.37. The van der Waals surface area contributed by atoms with Gasteiger partial charge in [-0.2, -0.15) is 0 Å². The van der Waals surface area contributed by atoms with Crippen molar-refractivity contribution in [3.63, 3.8) is 0 Å². The number of anilines is 1. The Bertz CT molecular complexity index is 929. The van der Waals surface area contributed by atoms with Crippen LogP contribution in [0.4, 0.5) is 5.69 Å². The van der Waals surface area contributed by atoms with E-state index in [2.05, 4.69) is 10.1 Å². The van der Waals surface area contributed by atoms with Gasteiger partial charge in [-0.1, -0.05) is 70.3 Å². The minimum Gasteiger partial charge on any atom is -0.453 e. The van der Waals surface area contributed by atoms with Crippen LogP contribution in [0.25, 0.3) is 11.3 Å². The zero-order chi connectivity index (χ0) is 18.0. The van der Waals surface area contributed by atoms with Crippen molar-refractivity contribution in [3.8, 4) is 11.3 Å². The van der Waals surface area contributed by atoms with Crippen LogP contribution in [0.3, 0.4) is 0 Å². The number of carbonyl (C=O) groups excluding carboxylic acids is 1. The minimum atomic E-state index is -0.812. The van der Waals surface area contributed by atoms with Gasteiger partial charge >= 0.3 is 5.97 Å². The molecule has 0 fully saturated rings. The molecule has 0 aliphatic heterocycles. The molecule has 2 aromatic heterocycles. The Labute approximate surface area is 157 Å². The summed E-state index contributed by atoms with van der Waals surface area (Å²) in [5.74, 6) is -0.454. The fourth-order valence-electron chi connectivity index (χ4n) is 2.00. The maximum Gasteiger partial charge on any atom is 0.359 e. The van der Waals surface area contributed by atoms with Gasteiger partial charge in [0, 0.05) is 11.6 Å². The summed E-state index contributed by atoms with van der Waals surface area (Å²) < 4.78 is 10.3. The molecule has 1 aromatic carbocycles. The molecule has 2 heterocycles. The van der Waals surface area contributed by atoms with Crippen molar-refractivity contribution >= 4 is 46.5 Å². The lowest BCUT2D eigenvalue weighted by Gasteiger charge is -2.08. The third-order valence-electron chi connectivity index (χ3n) is 3.24. The molecular weight excluding hydrogens is 389 g/mol. The first-order valence-electron chi connectivity index (χ1n) is 6.95. The minimum absolute atomic E-state index is 0.0223. The van der Waals surface area contributed by atoms with E-state index in [0.717, 1.165) is 5.56 Å². The molecule has 0 saturated carbocycles. The lowest BCUT2D eigenvalue weighted by Crippen LogP contribution is -2.10. The van der Waals surface area contributed by atoms with E-state index in [1.54, 1.807) is 6.07 Å². The topological polar surface area (TPSA) is 91.2 Å². The van der Waals surface area contributed by atoms with Crippen LogP contribution >= 0.6 is 34.8 Å². The number of halogens is 3. The first kappa shape index (κ1) is 17.5. The summed E-state index contributed by atoms with van der Waals surface area (Å²) in [7, 11) is 0. The summed E-state index contributed by atoms with van der Waals surface area (Å²) in [6.07, 6.45) is 0. The molecule has 9 heteroatoms. The van der Waals surface area contributed by atoms with E-state index < -0.39 is 5.97 Å². The van der Waals surface area contributed by atoms with Gasteiger partial charge in [0.05, 0.1) is 10.7 Å². The number of nitrogen functional groups attached to an aromatic ring is 1. The highest BCUT2D eigenvalue weighted by Gasteiger charge is 2.21. The van der Waals surface area contributed by atoms with E-state index >= 15 is 0 Å². The Morgan fingerprint density at radius 3 is 2.60 bits per heavy atom. The van der Waals surface area contributed by atoms with Crippen molar-refractivity contribution in [1.29, 1.82) is 0 Å². The molecule has 0 atom stereocenters. The summed E-state index contributed by atoms with van der Waals surface area (Å²) >= 11 is 17.6. The predicted molar refractivity (Wildman–Crippen MR) is 94.7 cm³/mol. The molecule has 3 aromatic rings. The van der Waals surface area contributed by atoms with Gasteiger partial charge in [0.25, 0.3) is 0 Å². The van der Waals surface area contributed by atoms with Gasteiger partial charge in [0.1, 0.15) is 10.7 Å². The molecule has 0 unspecified atom stereocenters. The summed E-state index contributed by atoms with van der Waals surface area (Å²) in [5.41, 5.74) is 6.91. The zero-order valence-corrected chi connectivity index (χ0v) is 14.8. The second-order valence-corrected chi connectivity index (χ2v) is 6.03. The number of ether oxygens (including phenoxy) is 1. The number of nitrogens with zero attached hydrogens (tertiary/aromatic N) is 2. The molecule has 3 rings (SSSR count). The van der Waals surface area contributed by atoms with E-state index in [1.807, 2.05) is 30.3 Å². The quantitative estimate of drug-likeness (QED) is 0.508. The first-order valence-corrected chi connectivity index (χ1v) is 8.09. The Hall–Kier alpha value is -2.28. The largest absolute Gasteiger partial charge is 0.453 e. The molecule has 0 bridgehead atoms. The molecular formula is C16H10Cl3N3O3. The van der Waals surface area contributed by atoms with E-state index in [-0.39, 0.29) is 33.2 Å². The normalized spacial score (nSPS) is 10.7. The second kappa shape index (κ2) is 7.31. The molecule has 6 nitrogen and oxygen atoms in total. The van der Waals surface area contributed by atoms with Crippen LogP contribution < -0.4 is 5.73 Å². The number of carbonyl (C=O) groups is 1. The molecule has 0 radical (unpaired) electrons. The Morgan fingerprint density at radius 1 is 1.16 bits per heavy atom. The first-order chi connectivity index (χ1) is 12.0. The summed E-state index contributed by atoms with van der Waals surface area (Å²) in [5, 5.41) is 3.65. The van der Waals surface area contributed by atoms with Gasteiger partial charge in [-0.15, -0.1) is 0 Å². The Morgan fingerprint density at radius 2 is 1.88 bits per heavy atom. The molecule has 0 saturated heterocycles. The van der Waals surface area contributed by atoms with Gasteiger partial charge in [-0.3, -0.25) is 0 Å².